The number of amides is 1. The van der Waals surface area contributed by atoms with Crippen LogP contribution in [0.15, 0.2) is 29.6 Å². The van der Waals surface area contributed by atoms with E-state index in [1.807, 2.05) is 11.4 Å². The zero-order valence-corrected chi connectivity index (χ0v) is 11.8. The van der Waals surface area contributed by atoms with Crippen molar-refractivity contribution in [1.29, 1.82) is 0 Å². The number of aryl methyl sites for hydroxylation is 1. The van der Waals surface area contributed by atoms with E-state index in [2.05, 4.69) is 10.3 Å². The molecule has 0 spiro atoms. The number of nitrogen functional groups attached to an aromatic ring is 1. The zero-order chi connectivity index (χ0) is 14.4. The summed E-state index contributed by atoms with van der Waals surface area (Å²) in [6, 6.07) is 6.30. The van der Waals surface area contributed by atoms with Gasteiger partial charge in [-0.2, -0.15) is 0 Å². The largest absolute Gasteiger partial charge is 0.375 e. The monoisotopic (exact) mass is 293 g/mol. The third-order valence-corrected chi connectivity index (χ3v) is 3.53. The van der Waals surface area contributed by atoms with Gasteiger partial charge in [-0.3, -0.25) is 4.79 Å². The zero-order valence-electron chi connectivity index (χ0n) is 10.9. The highest BCUT2D eigenvalue weighted by atomic mass is 32.1. The Morgan fingerprint density at radius 3 is 2.95 bits per heavy atom. The van der Waals surface area contributed by atoms with Crippen molar-refractivity contribution < 1.29 is 9.18 Å². The summed E-state index contributed by atoms with van der Waals surface area (Å²) in [6.45, 7) is 0.533. The predicted molar refractivity (Wildman–Crippen MR) is 78.0 cm³/mol. The maximum atomic E-state index is 13.0. The number of thiazole rings is 1. The minimum absolute atomic E-state index is 0.0440. The van der Waals surface area contributed by atoms with Gasteiger partial charge < -0.3 is 11.1 Å². The van der Waals surface area contributed by atoms with Gasteiger partial charge in [0.1, 0.15) is 5.82 Å². The second-order valence-corrected chi connectivity index (χ2v) is 5.30. The van der Waals surface area contributed by atoms with E-state index in [1.165, 1.54) is 23.5 Å². The van der Waals surface area contributed by atoms with Crippen LogP contribution in [0.4, 0.5) is 9.52 Å². The number of nitrogens with two attached hydrogens (primary N) is 1. The molecule has 0 bridgehead atoms. The number of benzene rings is 1. The Balaban J connectivity index is 1.68. The van der Waals surface area contributed by atoms with Crippen LogP contribution in [0.5, 0.6) is 0 Å². The maximum absolute atomic E-state index is 13.0. The summed E-state index contributed by atoms with van der Waals surface area (Å²) >= 11 is 1.39. The standard InChI is InChI=1S/C14H16FN3OS/c15-11-3-1-2-10(8-11)4-5-13(19)17-7-6-12-9-20-14(16)18-12/h1-3,8-9H,4-7H2,(H2,16,18)(H,17,19). The van der Waals surface area contributed by atoms with E-state index in [4.69, 9.17) is 5.73 Å². The van der Waals surface area contributed by atoms with E-state index < -0.39 is 0 Å². The number of hydrogen-bond acceptors (Lipinski definition) is 4. The molecule has 0 saturated carbocycles. The molecule has 0 saturated heterocycles. The first kappa shape index (κ1) is 14.5. The van der Waals surface area contributed by atoms with Crippen molar-refractivity contribution in [3.8, 4) is 0 Å². The minimum atomic E-state index is -0.274. The van der Waals surface area contributed by atoms with Gasteiger partial charge in [0.05, 0.1) is 5.69 Å². The summed E-state index contributed by atoms with van der Waals surface area (Å²) in [6.07, 6.45) is 1.55. The van der Waals surface area contributed by atoms with Crippen LogP contribution in [-0.2, 0) is 17.6 Å². The predicted octanol–water partition coefficient (Wildman–Crippen LogP) is 2.16. The highest BCUT2D eigenvalue weighted by Crippen LogP contribution is 2.11. The van der Waals surface area contributed by atoms with Gasteiger partial charge in [-0.15, -0.1) is 11.3 Å². The number of carbonyl (C=O) groups is 1. The Kier molecular flexibility index (Phi) is 5.06. The molecule has 0 radical (unpaired) electrons. The molecule has 0 unspecified atom stereocenters. The van der Waals surface area contributed by atoms with Crippen molar-refractivity contribution in [2.75, 3.05) is 12.3 Å². The molecule has 1 heterocycles. The average Bonchev–Trinajstić information content (AvgIpc) is 2.82. The molecule has 0 aliphatic heterocycles. The molecule has 1 amide bonds. The van der Waals surface area contributed by atoms with Gasteiger partial charge in [0.25, 0.3) is 0 Å². The molecule has 2 rings (SSSR count). The Morgan fingerprint density at radius 2 is 2.25 bits per heavy atom. The molecule has 2 aromatic rings. The van der Waals surface area contributed by atoms with Gasteiger partial charge in [0.2, 0.25) is 5.91 Å². The van der Waals surface area contributed by atoms with Gasteiger partial charge in [0, 0.05) is 24.8 Å². The van der Waals surface area contributed by atoms with Crippen molar-refractivity contribution >= 4 is 22.4 Å². The van der Waals surface area contributed by atoms with Crippen LogP contribution >= 0.6 is 11.3 Å². The van der Waals surface area contributed by atoms with E-state index in [0.29, 0.717) is 30.9 Å². The van der Waals surface area contributed by atoms with Crippen molar-refractivity contribution in [2.24, 2.45) is 0 Å². The molecule has 20 heavy (non-hydrogen) atoms. The number of hydrogen-bond donors (Lipinski definition) is 2. The van der Waals surface area contributed by atoms with Crippen molar-refractivity contribution in [1.82, 2.24) is 10.3 Å². The molecule has 3 N–H and O–H groups in total. The van der Waals surface area contributed by atoms with Crippen LogP contribution in [0.3, 0.4) is 0 Å². The summed E-state index contributed by atoms with van der Waals surface area (Å²) in [7, 11) is 0. The number of nitrogens with one attached hydrogen (secondary N) is 1. The smallest absolute Gasteiger partial charge is 0.220 e. The van der Waals surface area contributed by atoms with Crippen LogP contribution in [0.1, 0.15) is 17.7 Å². The Labute approximate surface area is 120 Å². The second-order valence-electron chi connectivity index (χ2n) is 4.41. The summed E-state index contributed by atoms with van der Waals surface area (Å²) in [5.74, 6) is -0.318. The number of rotatable bonds is 6. The molecule has 0 atom stereocenters. The van der Waals surface area contributed by atoms with E-state index in [9.17, 15) is 9.18 Å². The lowest BCUT2D eigenvalue weighted by molar-refractivity contribution is -0.121. The summed E-state index contributed by atoms with van der Waals surface area (Å²) in [5.41, 5.74) is 7.24. The molecule has 4 nitrogen and oxygen atoms in total. The van der Waals surface area contributed by atoms with E-state index in [0.717, 1.165) is 11.3 Å². The normalized spacial score (nSPS) is 10.4. The van der Waals surface area contributed by atoms with Gasteiger partial charge in [-0.05, 0) is 24.1 Å². The van der Waals surface area contributed by atoms with Gasteiger partial charge in [-0.25, -0.2) is 9.37 Å². The topological polar surface area (TPSA) is 68.0 Å². The molecule has 1 aromatic carbocycles. The third kappa shape index (κ3) is 4.62. The summed E-state index contributed by atoms with van der Waals surface area (Å²) in [4.78, 5) is 15.8. The highest BCUT2D eigenvalue weighted by molar-refractivity contribution is 7.13. The first-order valence-electron chi connectivity index (χ1n) is 6.34. The van der Waals surface area contributed by atoms with Crippen LogP contribution < -0.4 is 11.1 Å². The van der Waals surface area contributed by atoms with E-state index in [1.54, 1.807) is 6.07 Å². The summed E-state index contributed by atoms with van der Waals surface area (Å²) < 4.78 is 13.0. The number of anilines is 1. The highest BCUT2D eigenvalue weighted by Gasteiger charge is 2.04. The number of aromatic nitrogens is 1. The molecular weight excluding hydrogens is 277 g/mol. The first-order chi connectivity index (χ1) is 9.63. The number of carbonyl (C=O) groups excluding carboxylic acids is 1. The van der Waals surface area contributed by atoms with Crippen LogP contribution in [-0.4, -0.2) is 17.4 Å². The van der Waals surface area contributed by atoms with Crippen molar-refractivity contribution in [3.05, 3.63) is 46.7 Å². The number of halogens is 1. The first-order valence-corrected chi connectivity index (χ1v) is 7.22. The van der Waals surface area contributed by atoms with Crippen LogP contribution in [0.25, 0.3) is 0 Å². The fourth-order valence-electron chi connectivity index (χ4n) is 1.81. The Morgan fingerprint density at radius 1 is 1.40 bits per heavy atom. The summed E-state index contributed by atoms with van der Waals surface area (Å²) in [5, 5.41) is 5.24. The van der Waals surface area contributed by atoms with Gasteiger partial charge in [0.15, 0.2) is 5.13 Å². The van der Waals surface area contributed by atoms with Gasteiger partial charge in [-0.1, -0.05) is 12.1 Å². The Hall–Kier alpha value is -1.95. The molecule has 1 aromatic heterocycles. The molecule has 0 fully saturated rings. The minimum Gasteiger partial charge on any atom is -0.375 e. The molecule has 0 aliphatic carbocycles. The quantitative estimate of drug-likeness (QED) is 0.857. The fraction of sp³-hybridized carbons (Fsp3) is 0.286. The second kappa shape index (κ2) is 7.00. The van der Waals surface area contributed by atoms with E-state index in [-0.39, 0.29) is 11.7 Å². The van der Waals surface area contributed by atoms with Crippen LogP contribution in [0.2, 0.25) is 0 Å². The number of nitrogens with zero attached hydrogens (tertiary/aromatic N) is 1. The van der Waals surface area contributed by atoms with Crippen molar-refractivity contribution in [2.45, 2.75) is 19.3 Å². The van der Waals surface area contributed by atoms with E-state index >= 15 is 0 Å². The van der Waals surface area contributed by atoms with Crippen LogP contribution in [0, 0.1) is 5.82 Å². The molecule has 0 aliphatic rings. The Bertz CT molecular complexity index is 585. The molecular formula is C14H16FN3OS. The SMILES string of the molecule is Nc1nc(CCNC(=O)CCc2cccc(F)c2)cs1. The lowest BCUT2D eigenvalue weighted by atomic mass is 10.1. The fourth-order valence-corrected chi connectivity index (χ4v) is 2.40. The lowest BCUT2D eigenvalue weighted by Crippen LogP contribution is -2.25. The van der Waals surface area contributed by atoms with Gasteiger partial charge >= 0.3 is 0 Å². The molecule has 6 heteroatoms. The molecule has 106 valence electrons. The lowest BCUT2D eigenvalue weighted by Gasteiger charge is -2.04. The maximum Gasteiger partial charge on any atom is 0.220 e. The van der Waals surface area contributed by atoms with Crippen molar-refractivity contribution in [3.63, 3.8) is 0 Å². The third-order valence-electron chi connectivity index (χ3n) is 2.80. The average molecular weight is 293 g/mol.